The van der Waals surface area contributed by atoms with Gasteiger partial charge in [0.25, 0.3) is 0 Å². The molecule has 5 nitrogen and oxygen atoms in total. The summed E-state index contributed by atoms with van der Waals surface area (Å²) in [5, 5.41) is 15.8. The molecule has 0 saturated heterocycles. The summed E-state index contributed by atoms with van der Waals surface area (Å²) >= 11 is 6.15. The van der Waals surface area contributed by atoms with Crippen molar-refractivity contribution in [2.75, 3.05) is 10.6 Å². The van der Waals surface area contributed by atoms with Gasteiger partial charge in [-0.2, -0.15) is 10.2 Å². The zero-order valence-corrected chi connectivity index (χ0v) is 13.7. The number of hydrogen-bond donors (Lipinski definition) is 2. The van der Waals surface area contributed by atoms with Gasteiger partial charge in [-0.25, -0.2) is 4.98 Å². The minimum atomic E-state index is 0.458. The SMILES string of the molecule is Cc1cc(Nc2ccc(C#N)cc2)nc(Nc2ccccc2Cl)n1. The fourth-order valence-electron chi connectivity index (χ4n) is 2.15. The van der Waals surface area contributed by atoms with Crippen LogP contribution in [0, 0.1) is 18.3 Å². The van der Waals surface area contributed by atoms with Crippen LogP contribution in [0.15, 0.2) is 54.6 Å². The summed E-state index contributed by atoms with van der Waals surface area (Å²) in [6.07, 6.45) is 0. The molecule has 1 heterocycles. The van der Waals surface area contributed by atoms with Crippen LogP contribution in [0.2, 0.25) is 5.02 Å². The number of aromatic nitrogens is 2. The normalized spacial score (nSPS) is 10.0. The monoisotopic (exact) mass is 335 g/mol. The molecule has 2 aromatic carbocycles. The number of anilines is 4. The van der Waals surface area contributed by atoms with Crippen LogP contribution in [0.5, 0.6) is 0 Å². The van der Waals surface area contributed by atoms with Gasteiger partial charge in [-0.05, 0) is 43.3 Å². The van der Waals surface area contributed by atoms with Crippen LogP contribution in [-0.2, 0) is 0 Å². The van der Waals surface area contributed by atoms with Gasteiger partial charge in [0.05, 0.1) is 22.3 Å². The van der Waals surface area contributed by atoms with Gasteiger partial charge < -0.3 is 10.6 Å². The minimum Gasteiger partial charge on any atom is -0.340 e. The molecule has 0 amide bonds. The Morgan fingerprint density at radius 2 is 1.75 bits per heavy atom. The molecule has 2 N–H and O–H groups in total. The van der Waals surface area contributed by atoms with Gasteiger partial charge in [0, 0.05) is 17.4 Å². The highest BCUT2D eigenvalue weighted by Crippen LogP contribution is 2.24. The van der Waals surface area contributed by atoms with Crippen LogP contribution < -0.4 is 10.6 Å². The van der Waals surface area contributed by atoms with Gasteiger partial charge in [-0.15, -0.1) is 0 Å². The van der Waals surface area contributed by atoms with Crippen molar-refractivity contribution in [2.45, 2.75) is 6.92 Å². The molecule has 0 fully saturated rings. The molecular formula is C18H14ClN5. The maximum absolute atomic E-state index is 8.84. The summed E-state index contributed by atoms with van der Waals surface area (Å²) in [6.45, 7) is 1.89. The lowest BCUT2D eigenvalue weighted by Crippen LogP contribution is -2.02. The Balaban J connectivity index is 1.83. The number of para-hydroxylation sites is 1. The van der Waals surface area contributed by atoms with Crippen LogP contribution in [-0.4, -0.2) is 9.97 Å². The molecule has 0 aliphatic carbocycles. The van der Waals surface area contributed by atoms with Crippen molar-refractivity contribution in [1.82, 2.24) is 9.97 Å². The number of aryl methyl sites for hydroxylation is 1. The summed E-state index contributed by atoms with van der Waals surface area (Å²) in [4.78, 5) is 8.83. The van der Waals surface area contributed by atoms with Crippen LogP contribution in [0.25, 0.3) is 0 Å². The average Bonchev–Trinajstić information content (AvgIpc) is 2.57. The molecule has 118 valence electrons. The standard InChI is InChI=1S/C18H14ClN5/c1-12-10-17(22-14-8-6-13(11-20)7-9-14)24-18(21-12)23-16-5-3-2-4-15(16)19/h2-10H,1H3,(H2,21,22,23,24). The highest BCUT2D eigenvalue weighted by atomic mass is 35.5. The third-order valence-corrected chi connectivity index (χ3v) is 3.59. The van der Waals surface area contributed by atoms with E-state index in [4.69, 9.17) is 16.9 Å². The van der Waals surface area contributed by atoms with Crippen molar-refractivity contribution in [3.05, 3.63) is 70.9 Å². The molecule has 0 unspecified atom stereocenters. The van der Waals surface area contributed by atoms with Gasteiger partial charge in [-0.3, -0.25) is 0 Å². The molecule has 3 aromatic rings. The first-order valence-electron chi connectivity index (χ1n) is 7.28. The van der Waals surface area contributed by atoms with Crippen LogP contribution in [0.3, 0.4) is 0 Å². The lowest BCUT2D eigenvalue weighted by atomic mass is 10.2. The molecule has 0 spiro atoms. The summed E-state index contributed by atoms with van der Waals surface area (Å²) < 4.78 is 0. The van der Waals surface area contributed by atoms with Crippen molar-refractivity contribution in [1.29, 1.82) is 5.26 Å². The highest BCUT2D eigenvalue weighted by molar-refractivity contribution is 6.33. The number of nitrogens with zero attached hydrogens (tertiary/aromatic N) is 3. The maximum Gasteiger partial charge on any atom is 0.229 e. The van der Waals surface area contributed by atoms with Crippen molar-refractivity contribution >= 4 is 34.7 Å². The quantitative estimate of drug-likeness (QED) is 0.716. The van der Waals surface area contributed by atoms with Gasteiger partial charge in [-0.1, -0.05) is 23.7 Å². The Bertz CT molecular complexity index is 900. The van der Waals surface area contributed by atoms with E-state index in [0.29, 0.717) is 22.4 Å². The molecule has 0 saturated carbocycles. The molecule has 1 aromatic heterocycles. The summed E-state index contributed by atoms with van der Waals surface area (Å²) in [5.74, 6) is 1.11. The molecule has 3 rings (SSSR count). The van der Waals surface area contributed by atoms with E-state index in [1.165, 1.54) is 0 Å². The van der Waals surface area contributed by atoms with Gasteiger partial charge >= 0.3 is 0 Å². The predicted molar refractivity (Wildman–Crippen MR) is 95.9 cm³/mol. The first-order chi connectivity index (χ1) is 11.6. The lowest BCUT2D eigenvalue weighted by Gasteiger charge is -2.11. The van der Waals surface area contributed by atoms with Gasteiger partial charge in [0.2, 0.25) is 5.95 Å². The summed E-state index contributed by atoms with van der Waals surface area (Å²) in [6, 6.07) is 18.5. The van der Waals surface area contributed by atoms with Crippen LogP contribution >= 0.6 is 11.6 Å². The Morgan fingerprint density at radius 1 is 1.00 bits per heavy atom. The number of benzene rings is 2. The first kappa shape index (κ1) is 15.8. The molecule has 6 heteroatoms. The van der Waals surface area contributed by atoms with E-state index in [1.54, 1.807) is 18.2 Å². The minimum absolute atomic E-state index is 0.458. The molecule has 0 atom stereocenters. The third-order valence-electron chi connectivity index (χ3n) is 3.26. The number of nitriles is 1. The number of nitrogens with one attached hydrogen (secondary N) is 2. The van der Waals surface area contributed by atoms with Gasteiger partial charge in [0.15, 0.2) is 0 Å². The zero-order valence-electron chi connectivity index (χ0n) is 12.9. The summed E-state index contributed by atoms with van der Waals surface area (Å²) in [7, 11) is 0. The van der Waals surface area contributed by atoms with Crippen molar-refractivity contribution in [2.24, 2.45) is 0 Å². The van der Waals surface area contributed by atoms with Crippen LogP contribution in [0.4, 0.5) is 23.1 Å². The topological polar surface area (TPSA) is 73.6 Å². The van der Waals surface area contributed by atoms with E-state index in [9.17, 15) is 0 Å². The second-order valence-electron chi connectivity index (χ2n) is 5.14. The smallest absolute Gasteiger partial charge is 0.229 e. The second-order valence-corrected chi connectivity index (χ2v) is 5.54. The highest BCUT2D eigenvalue weighted by Gasteiger charge is 2.05. The van der Waals surface area contributed by atoms with E-state index >= 15 is 0 Å². The van der Waals surface area contributed by atoms with E-state index in [1.807, 2.05) is 43.3 Å². The number of halogens is 1. The average molecular weight is 336 g/mol. The fourth-order valence-corrected chi connectivity index (χ4v) is 2.33. The third kappa shape index (κ3) is 3.80. The van der Waals surface area contributed by atoms with Gasteiger partial charge in [0.1, 0.15) is 5.82 Å². The van der Waals surface area contributed by atoms with Crippen molar-refractivity contribution < 1.29 is 0 Å². The van der Waals surface area contributed by atoms with E-state index < -0.39 is 0 Å². The first-order valence-corrected chi connectivity index (χ1v) is 7.66. The van der Waals surface area contributed by atoms with E-state index in [-0.39, 0.29) is 0 Å². The Hall–Kier alpha value is -3.10. The second kappa shape index (κ2) is 6.99. The van der Waals surface area contributed by atoms with E-state index in [2.05, 4.69) is 26.7 Å². The Kier molecular flexibility index (Phi) is 4.59. The molecule has 24 heavy (non-hydrogen) atoms. The molecule has 0 aliphatic heterocycles. The summed E-state index contributed by atoms with van der Waals surface area (Å²) in [5.41, 5.74) is 3.01. The molecule has 0 radical (unpaired) electrons. The van der Waals surface area contributed by atoms with Crippen molar-refractivity contribution in [3.8, 4) is 6.07 Å². The number of rotatable bonds is 4. The Morgan fingerprint density at radius 3 is 2.46 bits per heavy atom. The van der Waals surface area contributed by atoms with E-state index in [0.717, 1.165) is 17.1 Å². The lowest BCUT2D eigenvalue weighted by molar-refractivity contribution is 1.11. The fraction of sp³-hybridized carbons (Fsp3) is 0.0556. The molecule has 0 aliphatic rings. The zero-order chi connectivity index (χ0) is 16.9. The number of hydrogen-bond acceptors (Lipinski definition) is 5. The molecular weight excluding hydrogens is 322 g/mol. The van der Waals surface area contributed by atoms with Crippen LogP contribution in [0.1, 0.15) is 11.3 Å². The largest absolute Gasteiger partial charge is 0.340 e. The maximum atomic E-state index is 8.84. The Labute approximate surface area is 145 Å². The molecule has 0 bridgehead atoms. The predicted octanol–water partition coefficient (Wildman–Crippen LogP) is 4.80. The van der Waals surface area contributed by atoms with Crippen molar-refractivity contribution in [3.63, 3.8) is 0 Å².